The van der Waals surface area contributed by atoms with Crippen molar-refractivity contribution in [3.05, 3.63) is 147 Å². The van der Waals surface area contributed by atoms with Crippen LogP contribution in [0.25, 0.3) is 11.1 Å². The number of nitrogens with two attached hydrogens (primary N) is 1. The topological polar surface area (TPSA) is 722 Å². The normalized spacial score (nSPS) is 28.4. The number of fused-ring (bicyclic) bond motifs is 15. The number of phenolic OH excluding ortho intramolecular Hbond substituents is 3. The van der Waals surface area contributed by atoms with Crippen LogP contribution in [0.3, 0.4) is 0 Å². The number of nitrogens with one attached hydrogen (secondary N) is 10. The summed E-state index contributed by atoms with van der Waals surface area (Å²) in [5.41, 5.74) is 2.27. The number of ether oxygens (including phenoxy) is 8. The van der Waals surface area contributed by atoms with Gasteiger partial charge in [0.1, 0.15) is 145 Å². The number of aliphatic hydroxyl groups excluding tert-OH is 14. The van der Waals surface area contributed by atoms with Crippen molar-refractivity contribution in [1.82, 2.24) is 53.2 Å². The van der Waals surface area contributed by atoms with E-state index in [1.165, 1.54) is 32.0 Å². The fourth-order valence-corrected chi connectivity index (χ4v) is 18.1. The third kappa shape index (κ3) is 26.5. The number of carbonyl (C=O) groups is 9. The Hall–Kier alpha value is -11.0. The van der Waals surface area contributed by atoms with Crippen LogP contribution in [0, 0.1) is 5.92 Å². The summed E-state index contributed by atoms with van der Waals surface area (Å²) >= 11 is 14.5. The van der Waals surface area contributed by atoms with Crippen LogP contribution in [0.1, 0.15) is 163 Å². The third-order valence-corrected chi connectivity index (χ3v) is 26.4. The molecule has 0 saturated carbocycles. The van der Waals surface area contributed by atoms with E-state index in [0.717, 1.165) is 105 Å². The van der Waals surface area contributed by atoms with Crippen molar-refractivity contribution < 1.29 is 172 Å². The number of aromatic hydroxyl groups is 3. The van der Waals surface area contributed by atoms with Gasteiger partial charge in [0.05, 0.1) is 54.5 Å². The van der Waals surface area contributed by atoms with E-state index >= 15 is 28.8 Å². The largest absolute Gasteiger partial charge is 0.508 e. The molecule has 0 spiro atoms. The molecule has 14 rings (SSSR count). The van der Waals surface area contributed by atoms with Gasteiger partial charge in [-0.1, -0.05) is 87.9 Å². The number of carbonyl (C=O) groups excluding carboxylic acids is 9. The highest BCUT2D eigenvalue weighted by molar-refractivity contribution is 6.32. The average molecular weight is 2050 g/mol. The fourth-order valence-electron chi connectivity index (χ4n) is 17.7. The second-order valence-corrected chi connectivity index (χ2v) is 37.6. The van der Waals surface area contributed by atoms with Gasteiger partial charge in [-0.2, -0.15) is 0 Å². The van der Waals surface area contributed by atoms with Crippen LogP contribution in [-0.2, 0) is 79.9 Å². The number of amides is 9. The molecule has 29 N–H and O–H groups in total. The Morgan fingerprint density at radius 3 is 1.85 bits per heavy atom. The van der Waals surface area contributed by atoms with E-state index in [2.05, 4.69) is 64.7 Å². The number of hydrogen-bond acceptors (Lipinski definition) is 36. The van der Waals surface area contributed by atoms with Crippen LogP contribution in [0.5, 0.6) is 46.0 Å². The maximum absolute atomic E-state index is 16.5. The number of aromatic nitrogens is 1. The maximum Gasteiger partial charge on any atom is 0.251 e. The molecule has 27 atom stereocenters. The lowest BCUT2D eigenvalue weighted by Crippen LogP contribution is -2.65. The summed E-state index contributed by atoms with van der Waals surface area (Å²) in [4.78, 5) is 135. The minimum atomic E-state index is -2.54. The summed E-state index contributed by atoms with van der Waals surface area (Å²) in [5, 5.41) is 217. The summed E-state index contributed by atoms with van der Waals surface area (Å²) in [7, 11) is 1.46. The second kappa shape index (κ2) is 49.3. The number of benzene rings is 5. The molecule has 8 unspecified atom stereocenters. The van der Waals surface area contributed by atoms with Gasteiger partial charge in [-0.15, -0.1) is 0 Å². The first-order chi connectivity index (χ1) is 68.0. The molecule has 0 aliphatic carbocycles. The molecule has 8 aliphatic rings. The number of halogens is 2. The lowest BCUT2D eigenvalue weighted by atomic mass is 9.84. The van der Waals surface area contributed by atoms with E-state index in [1.54, 1.807) is 27.7 Å². The van der Waals surface area contributed by atoms with E-state index in [4.69, 9.17) is 66.8 Å². The summed E-state index contributed by atoms with van der Waals surface area (Å²) in [6.07, 6.45) is -27.9. The van der Waals surface area contributed by atoms with Gasteiger partial charge in [0, 0.05) is 67.3 Å². The maximum atomic E-state index is 16.5. The van der Waals surface area contributed by atoms with Crippen molar-refractivity contribution in [3.8, 4) is 57.1 Å². The van der Waals surface area contributed by atoms with Gasteiger partial charge < -0.3 is 184 Å². The predicted molar refractivity (Wildman–Crippen MR) is 499 cm³/mol. The van der Waals surface area contributed by atoms with Crippen LogP contribution in [0.15, 0.2) is 103 Å². The zero-order valence-electron chi connectivity index (χ0n) is 78.7. The first kappa shape index (κ1) is 111. The van der Waals surface area contributed by atoms with E-state index in [9.17, 15) is 101 Å². The first-order valence-corrected chi connectivity index (χ1v) is 47.6. The Labute approximate surface area is 829 Å². The minimum Gasteiger partial charge on any atom is -0.508 e. The number of rotatable bonds is 35. The van der Waals surface area contributed by atoms with Crippen molar-refractivity contribution in [2.45, 2.75) is 276 Å². The van der Waals surface area contributed by atoms with Gasteiger partial charge in [-0.25, -0.2) is 4.57 Å². The van der Waals surface area contributed by atoms with Crippen LogP contribution in [0.4, 0.5) is 0 Å². The molecular formula is C95H125Cl2N12O34+. The Morgan fingerprint density at radius 1 is 0.622 bits per heavy atom. The van der Waals surface area contributed by atoms with Crippen LogP contribution in [-0.4, -0.2) is 314 Å². The molecule has 3 fully saturated rings. The molecule has 11 bridgehead atoms. The lowest BCUT2D eigenvalue weighted by Gasteiger charge is -2.48. The van der Waals surface area contributed by atoms with Crippen molar-refractivity contribution in [1.29, 1.82) is 0 Å². The van der Waals surface area contributed by atoms with Crippen molar-refractivity contribution >= 4 is 76.4 Å². The molecule has 782 valence electrons. The third-order valence-electron chi connectivity index (χ3n) is 25.8. The predicted octanol–water partition coefficient (Wildman–Crippen LogP) is -2.62. The molecule has 9 heterocycles. The van der Waals surface area contributed by atoms with Gasteiger partial charge in [0.15, 0.2) is 48.7 Å². The van der Waals surface area contributed by atoms with Crippen molar-refractivity contribution in [2.24, 2.45) is 11.7 Å². The molecule has 9 amide bonds. The molecular weight excluding hydrogens is 1920 g/mol. The van der Waals surface area contributed by atoms with Gasteiger partial charge in [0.25, 0.3) is 5.91 Å². The highest BCUT2D eigenvalue weighted by Crippen LogP contribution is 2.51. The van der Waals surface area contributed by atoms with E-state index in [0.29, 0.717) is 0 Å². The highest BCUT2D eigenvalue weighted by Gasteiger charge is 2.54. The van der Waals surface area contributed by atoms with E-state index in [-0.39, 0.29) is 48.6 Å². The number of unbranched alkanes of at least 4 members (excludes halogenated alkanes) is 5. The highest BCUT2D eigenvalue weighted by atomic mass is 35.5. The summed E-state index contributed by atoms with van der Waals surface area (Å²) < 4.78 is 52.5. The Bertz CT molecular complexity index is 5490. The Morgan fingerprint density at radius 2 is 1.22 bits per heavy atom. The zero-order valence-corrected chi connectivity index (χ0v) is 80.3. The second-order valence-electron chi connectivity index (χ2n) is 36.8. The van der Waals surface area contributed by atoms with Gasteiger partial charge in [-0.3, -0.25) is 43.2 Å². The van der Waals surface area contributed by atoms with Crippen molar-refractivity contribution in [2.75, 3.05) is 40.0 Å². The van der Waals surface area contributed by atoms with Gasteiger partial charge in [0.2, 0.25) is 59.3 Å². The fraction of sp³-hybridized carbons (Fsp3) is 0.537. The van der Waals surface area contributed by atoms with Gasteiger partial charge >= 0.3 is 0 Å². The molecule has 3 saturated heterocycles. The molecule has 5 aromatic carbocycles. The molecule has 6 aromatic rings. The standard InChI is InChI=1S/C95H124Cl2N12O34/c1-7-8-9-10-11-12-24-109-25-20-43(21-26-109)37-102-95(5)36-65(136-42(4)84(95)127)141-83-77(123)75(121)63(40-112)140-94(83)143-82-60-31-47-32-61(82)138-59-19-16-46(30-52(59)97)73(119)71-91(134)106-69(87(130)100-22-13-23-101-92(135)79(125)78(124)81(57(116)38-110)142-93-80(126)76(122)74(120)62(39-111)139-93)50-33-48(113)34-56(115)66(50)49-28-44(14-17-55(49)114)67(88(131)108-71)105-89(132)68(47)104-86(129)54(35-64(98)117)103-90(133)70(107-85(128)53(99-6)27-41(2)3)72(118)45-15-18-58(137-60)51(96)29-45/h14-21,25-26,28-34,41-42,53-54,57,62-63,65,67-81,83-84,93-94,99,102,110-112,116,118-127H,7-13,22-24,27,35-40H2,1-6H3,(H12-,98,100,101,103,104,105,106,107,108,113,114,115,117,128,129,130,131,132,133,134,135)/p+1/t42?,53-,54+,57-,62?,63-,65+,67-,68-,69+,70-,71+,72-,73-,74?,75+,76?,77?,78-,79-,80?,81-,83?,84+,93?,94-,95-/m1/s1. The molecule has 1 aromatic heterocycles. The number of pyridine rings is 1. The first-order valence-electron chi connectivity index (χ1n) is 46.8. The number of nitrogens with zero attached hydrogens (tertiary/aromatic N) is 1. The summed E-state index contributed by atoms with van der Waals surface area (Å²) in [6, 6.07) is 2.55. The number of likely N-dealkylation sites (N-methyl/N-ethyl adjacent to an activating group) is 1. The van der Waals surface area contributed by atoms with Gasteiger partial charge in [-0.05, 0) is 134 Å². The Balaban J connectivity index is 0.955. The zero-order chi connectivity index (χ0) is 104. The number of phenols is 3. The molecule has 143 heavy (non-hydrogen) atoms. The average Bonchev–Trinajstić information content (AvgIpc) is 0.484. The van der Waals surface area contributed by atoms with Crippen LogP contribution < -0.4 is 77.7 Å². The molecule has 0 radical (unpaired) electrons. The Kier molecular flexibility index (Phi) is 38.2. The summed E-state index contributed by atoms with van der Waals surface area (Å²) in [6.45, 7) is 5.92. The quantitative estimate of drug-likeness (QED) is 0.0143. The SMILES string of the molecule is CCCCCCCC[n+]1ccc(CN[C@]2(C)C[C@H](OC3C(O)[C@@H](O)[C@@H](CO)O[C@@H]3Oc3c4cc5cc3Oc3ccc(cc3Cl)[C@@H](O)[C@@H](NC(=O)[C@@H](CC(C)C)NC)C(=O)N[C@@H](CC(N)=O)C(=O)N[C@H]5C(=O)N[C@H]3C(=O)N[C@H](C(=O)N[C@H](C(=O)NCCCNC(=O)[C@H](O)[C@@H](O)[C@H](OC5OC(CO)C(O)C(O)C5O)[C@H](O)CO)c5cc(O)cc(O)c5-c5cc3ccc5O)[C@H](O)c3ccc(c(Cl)c3)O4)OC(C)[C@@H]2O)cc1. The number of hydrogen-bond donors (Lipinski definition) is 28. The minimum absolute atomic E-state index is 0.142. The van der Waals surface area contributed by atoms with Crippen LogP contribution in [0.2, 0.25) is 10.0 Å². The molecule has 46 nitrogen and oxygen atoms in total. The van der Waals surface area contributed by atoms with E-state index < -0.39 is 335 Å². The monoisotopic (exact) mass is 2050 g/mol. The van der Waals surface area contributed by atoms with Crippen molar-refractivity contribution in [3.63, 3.8) is 0 Å². The van der Waals surface area contributed by atoms with E-state index in [1.807, 2.05) is 24.5 Å². The summed E-state index contributed by atoms with van der Waals surface area (Å²) in [5.74, 6) is -17.6. The number of aryl methyl sites for hydroxylation is 1. The molecule has 48 heteroatoms. The number of aliphatic hydroxyl groups is 14. The lowest BCUT2D eigenvalue weighted by molar-refractivity contribution is -0.697. The smallest absolute Gasteiger partial charge is 0.251 e. The van der Waals surface area contributed by atoms with Crippen LogP contribution >= 0.6 is 23.2 Å². The number of primary amides is 1. The molecule has 8 aliphatic heterocycles.